The summed E-state index contributed by atoms with van der Waals surface area (Å²) in [6, 6.07) is 22.6. The second kappa shape index (κ2) is 10.7. The molecule has 3 aromatic carbocycles. The summed E-state index contributed by atoms with van der Waals surface area (Å²) in [4.78, 5) is 32.5. The molecule has 6 rings (SSSR count). The highest BCUT2D eigenvalue weighted by Crippen LogP contribution is 2.46. The zero-order chi connectivity index (χ0) is 28.7. The number of benzene rings is 3. The maximum absolute atomic E-state index is 14.0. The van der Waals surface area contributed by atoms with E-state index in [0.717, 1.165) is 15.8 Å². The minimum Gasteiger partial charge on any atom is -0.496 e. The van der Waals surface area contributed by atoms with Gasteiger partial charge in [-0.05, 0) is 30.3 Å². The average molecular weight is 584 g/mol. The number of thiazole rings is 2. The van der Waals surface area contributed by atoms with E-state index < -0.39 is 11.9 Å². The molecule has 1 atom stereocenters. The van der Waals surface area contributed by atoms with Crippen molar-refractivity contribution in [2.45, 2.75) is 5.92 Å². The number of hydrogen-bond acceptors (Lipinski definition) is 9. The minimum absolute atomic E-state index is 0.198. The molecule has 8 nitrogen and oxygen atoms in total. The van der Waals surface area contributed by atoms with Crippen LogP contribution < -0.4 is 30.0 Å². The number of carbonyl (C=O) groups is 1. The van der Waals surface area contributed by atoms with Gasteiger partial charge in [-0.15, -0.1) is 22.7 Å². The van der Waals surface area contributed by atoms with Crippen LogP contribution in [0.1, 0.15) is 22.1 Å². The molecule has 0 amide bonds. The van der Waals surface area contributed by atoms with Crippen LogP contribution in [0.15, 0.2) is 77.6 Å². The van der Waals surface area contributed by atoms with E-state index in [1.807, 2.05) is 72.8 Å². The Labute approximate surface area is 242 Å². The molecular weight excluding hydrogens is 558 g/mol. The number of fused-ring (bicyclic) bond motifs is 2. The van der Waals surface area contributed by atoms with Gasteiger partial charge in [-0.25, -0.2) is 9.78 Å². The van der Waals surface area contributed by atoms with E-state index >= 15 is 0 Å². The number of nitrogens with zero attached hydrogens (tertiary/aromatic N) is 2. The van der Waals surface area contributed by atoms with Crippen molar-refractivity contribution in [3.05, 3.63) is 108 Å². The molecule has 3 heterocycles. The van der Waals surface area contributed by atoms with Crippen LogP contribution in [0.5, 0.6) is 11.5 Å². The fourth-order valence-corrected chi connectivity index (χ4v) is 7.30. The predicted molar refractivity (Wildman–Crippen MR) is 162 cm³/mol. The predicted octanol–water partition coefficient (Wildman–Crippen LogP) is 3.77. The molecule has 1 aliphatic heterocycles. The third-order valence-corrected chi connectivity index (χ3v) is 9.13. The van der Waals surface area contributed by atoms with E-state index in [2.05, 4.69) is 0 Å². The smallest absolute Gasteiger partial charge is 0.337 e. The lowest BCUT2D eigenvalue weighted by Gasteiger charge is -2.28. The molecular formula is C31H25N3O5S2. The van der Waals surface area contributed by atoms with Crippen LogP contribution >= 0.6 is 22.7 Å². The number of nitrogens with two attached hydrogens (primary N) is 1. The molecule has 0 radical (unpaired) electrons. The second-order valence-corrected chi connectivity index (χ2v) is 11.2. The average Bonchev–Trinajstić information content (AvgIpc) is 3.57. The SMILES string of the molecule is COC(=O)C1=c2s/c(=C/c3ccccc3OC)c(=O)n2C(N)=C(c2nc3ccccc3s2)[C@@H]1c1ccccc1OC. The van der Waals surface area contributed by atoms with Crippen molar-refractivity contribution in [1.29, 1.82) is 0 Å². The number of rotatable bonds is 6. The topological polar surface area (TPSA) is 106 Å². The number of allylic oxidation sites excluding steroid dienone is 1. The lowest BCUT2D eigenvalue weighted by Crippen LogP contribution is -2.40. The van der Waals surface area contributed by atoms with Gasteiger partial charge in [0.05, 0.1) is 47.6 Å². The molecule has 0 saturated heterocycles. The summed E-state index contributed by atoms with van der Waals surface area (Å²) >= 11 is 2.62. The number of para-hydroxylation sites is 3. The van der Waals surface area contributed by atoms with Crippen LogP contribution in [0.2, 0.25) is 0 Å². The second-order valence-electron chi connectivity index (χ2n) is 9.16. The molecule has 0 bridgehead atoms. The lowest BCUT2D eigenvalue weighted by molar-refractivity contribution is -0.134. The molecule has 41 heavy (non-hydrogen) atoms. The Bertz CT molecular complexity index is 2000. The molecule has 0 unspecified atom stereocenters. The van der Waals surface area contributed by atoms with Gasteiger partial charge in [0.2, 0.25) is 0 Å². The van der Waals surface area contributed by atoms with E-state index in [1.165, 1.54) is 34.4 Å². The van der Waals surface area contributed by atoms with E-state index in [-0.39, 0.29) is 17.0 Å². The Morgan fingerprint density at radius 2 is 1.61 bits per heavy atom. The van der Waals surface area contributed by atoms with E-state index in [9.17, 15) is 9.59 Å². The molecule has 206 valence electrons. The zero-order valence-electron chi connectivity index (χ0n) is 22.4. The van der Waals surface area contributed by atoms with Crippen molar-refractivity contribution >= 4 is 61.9 Å². The Balaban J connectivity index is 1.75. The van der Waals surface area contributed by atoms with Crippen molar-refractivity contribution in [3.63, 3.8) is 0 Å². The first-order valence-electron chi connectivity index (χ1n) is 12.6. The van der Waals surface area contributed by atoms with Gasteiger partial charge < -0.3 is 19.9 Å². The van der Waals surface area contributed by atoms with Crippen molar-refractivity contribution in [1.82, 2.24) is 9.55 Å². The number of methoxy groups -OCH3 is 3. The van der Waals surface area contributed by atoms with Crippen molar-refractivity contribution in [3.8, 4) is 11.5 Å². The van der Waals surface area contributed by atoms with Gasteiger partial charge in [-0.1, -0.05) is 48.5 Å². The monoisotopic (exact) mass is 583 g/mol. The Morgan fingerprint density at radius 3 is 2.34 bits per heavy atom. The molecule has 0 saturated carbocycles. The minimum atomic E-state index is -0.712. The quantitative estimate of drug-likeness (QED) is 0.304. The summed E-state index contributed by atoms with van der Waals surface area (Å²) < 4.78 is 19.7. The van der Waals surface area contributed by atoms with E-state index in [4.69, 9.17) is 24.9 Å². The van der Waals surface area contributed by atoms with Gasteiger partial charge in [0.25, 0.3) is 5.56 Å². The molecule has 5 aromatic rings. The third kappa shape index (κ3) is 4.41. The Kier molecular flexibility index (Phi) is 6.94. The van der Waals surface area contributed by atoms with Gasteiger partial charge in [0.1, 0.15) is 27.0 Å². The molecule has 0 aliphatic carbocycles. The summed E-state index contributed by atoms with van der Waals surface area (Å²) in [7, 11) is 4.47. The van der Waals surface area contributed by atoms with Gasteiger partial charge in [0, 0.05) is 16.7 Å². The van der Waals surface area contributed by atoms with Crippen molar-refractivity contribution < 1.29 is 19.0 Å². The van der Waals surface area contributed by atoms with Crippen LogP contribution in [0.4, 0.5) is 0 Å². The highest BCUT2D eigenvalue weighted by molar-refractivity contribution is 7.19. The largest absolute Gasteiger partial charge is 0.496 e. The number of aromatic nitrogens is 2. The summed E-state index contributed by atoms with van der Waals surface area (Å²) in [5.41, 5.74) is 9.58. The molecule has 0 spiro atoms. The molecule has 2 aromatic heterocycles. The Hall–Kier alpha value is -4.67. The van der Waals surface area contributed by atoms with E-state index in [1.54, 1.807) is 20.3 Å². The first-order chi connectivity index (χ1) is 20.0. The highest BCUT2D eigenvalue weighted by Gasteiger charge is 2.39. The summed E-state index contributed by atoms with van der Waals surface area (Å²) in [5, 5.41) is 0.597. The number of esters is 1. The zero-order valence-corrected chi connectivity index (χ0v) is 24.0. The molecule has 2 N–H and O–H groups in total. The van der Waals surface area contributed by atoms with Gasteiger partial charge >= 0.3 is 5.97 Å². The first kappa shape index (κ1) is 26.5. The third-order valence-electron chi connectivity index (χ3n) is 6.95. The maximum Gasteiger partial charge on any atom is 0.337 e. The highest BCUT2D eigenvalue weighted by atomic mass is 32.1. The van der Waals surface area contributed by atoms with Crippen LogP contribution in [0.25, 0.3) is 33.3 Å². The fourth-order valence-electron chi connectivity index (χ4n) is 5.10. The molecule has 0 fully saturated rings. The normalized spacial score (nSPS) is 15.2. The molecule has 10 heteroatoms. The summed E-state index contributed by atoms with van der Waals surface area (Å²) in [5.74, 6) is 0.0928. The fraction of sp³-hybridized carbons (Fsp3) is 0.129. The lowest BCUT2D eigenvalue weighted by atomic mass is 9.83. The van der Waals surface area contributed by atoms with Crippen LogP contribution in [-0.4, -0.2) is 36.8 Å². The Morgan fingerprint density at radius 1 is 0.927 bits per heavy atom. The van der Waals surface area contributed by atoms with Gasteiger partial charge in [-0.3, -0.25) is 9.36 Å². The van der Waals surface area contributed by atoms with Crippen LogP contribution in [-0.2, 0) is 9.53 Å². The number of ether oxygens (including phenoxy) is 3. The van der Waals surface area contributed by atoms with Gasteiger partial charge in [0.15, 0.2) is 0 Å². The summed E-state index contributed by atoms with van der Waals surface area (Å²) in [6.07, 6.45) is 1.74. The number of carbonyl (C=O) groups excluding carboxylic acids is 1. The van der Waals surface area contributed by atoms with E-state index in [0.29, 0.717) is 36.8 Å². The number of hydrogen-bond donors (Lipinski definition) is 1. The maximum atomic E-state index is 14.0. The van der Waals surface area contributed by atoms with Gasteiger partial charge in [-0.2, -0.15) is 0 Å². The summed E-state index contributed by atoms with van der Waals surface area (Å²) in [6.45, 7) is 0. The van der Waals surface area contributed by atoms with Crippen LogP contribution in [0, 0.1) is 0 Å². The standard InChI is InChI=1S/C31H25N3O5S2/c1-37-20-13-7-4-10-17(20)16-23-29(35)34-27(32)25(28-33-19-12-6-9-15-22(19)40-28)24(18-11-5-8-14-21(18)38-2)26(30(34)41-23)31(36)39-3/h4-16,24H,32H2,1-3H3/b23-16+/t24-/m0/s1. The van der Waals surface area contributed by atoms with Crippen molar-refractivity contribution in [2.75, 3.05) is 21.3 Å². The van der Waals surface area contributed by atoms with Crippen LogP contribution in [0.3, 0.4) is 0 Å². The first-order valence-corrected chi connectivity index (χ1v) is 14.3. The van der Waals surface area contributed by atoms with Crippen molar-refractivity contribution in [2.24, 2.45) is 5.73 Å². The molecule has 1 aliphatic rings.